The second-order valence-corrected chi connectivity index (χ2v) is 5.45. The third-order valence-corrected chi connectivity index (χ3v) is 3.89. The van der Waals surface area contributed by atoms with Crippen molar-refractivity contribution in [1.82, 2.24) is 5.32 Å². The first-order valence-corrected chi connectivity index (χ1v) is 6.82. The van der Waals surface area contributed by atoms with Gasteiger partial charge in [-0.1, -0.05) is 25.7 Å². The first-order chi connectivity index (χ1) is 7.79. The molecule has 1 saturated heterocycles. The zero-order valence-corrected chi connectivity index (χ0v) is 10.2. The smallest absolute Gasteiger partial charge is 0.0880 e. The van der Waals surface area contributed by atoms with E-state index in [4.69, 9.17) is 4.74 Å². The molecule has 0 aromatic carbocycles. The number of hydrogen-bond acceptors (Lipinski definition) is 3. The van der Waals surface area contributed by atoms with E-state index in [1.165, 1.54) is 25.7 Å². The highest BCUT2D eigenvalue weighted by molar-refractivity contribution is 4.82. The standard InChI is InChI=1S/C13H25NO2/c15-13(7-3-1-4-8-13)11-16-10-12-6-2-5-9-14-12/h12,14-15H,1-11H2. The molecule has 1 aliphatic carbocycles. The molecule has 3 heteroatoms. The van der Waals surface area contributed by atoms with Crippen molar-refractivity contribution in [2.24, 2.45) is 0 Å². The van der Waals surface area contributed by atoms with E-state index in [0.717, 1.165) is 38.8 Å². The molecule has 1 atom stereocenters. The van der Waals surface area contributed by atoms with Gasteiger partial charge in [-0.25, -0.2) is 0 Å². The van der Waals surface area contributed by atoms with Gasteiger partial charge in [-0.3, -0.25) is 0 Å². The average molecular weight is 227 g/mol. The monoisotopic (exact) mass is 227 g/mol. The number of nitrogens with one attached hydrogen (secondary N) is 1. The fourth-order valence-electron chi connectivity index (χ4n) is 2.81. The summed E-state index contributed by atoms with van der Waals surface area (Å²) in [6, 6.07) is 0.515. The van der Waals surface area contributed by atoms with Crippen LogP contribution in [0.2, 0.25) is 0 Å². The highest BCUT2D eigenvalue weighted by Gasteiger charge is 2.29. The molecule has 1 unspecified atom stereocenters. The van der Waals surface area contributed by atoms with Crippen LogP contribution >= 0.6 is 0 Å². The maximum Gasteiger partial charge on any atom is 0.0880 e. The Kier molecular flexibility index (Phi) is 4.62. The Hall–Kier alpha value is -0.120. The van der Waals surface area contributed by atoms with Crippen LogP contribution in [0.5, 0.6) is 0 Å². The summed E-state index contributed by atoms with van der Waals surface area (Å²) >= 11 is 0. The maximum atomic E-state index is 10.3. The van der Waals surface area contributed by atoms with Crippen LogP contribution in [0.1, 0.15) is 51.4 Å². The van der Waals surface area contributed by atoms with Gasteiger partial charge in [0.1, 0.15) is 0 Å². The Morgan fingerprint density at radius 2 is 1.94 bits per heavy atom. The number of hydrogen-bond donors (Lipinski definition) is 2. The van der Waals surface area contributed by atoms with Gasteiger partial charge in [0.15, 0.2) is 0 Å². The molecule has 0 amide bonds. The quantitative estimate of drug-likeness (QED) is 0.770. The molecule has 0 radical (unpaired) electrons. The van der Waals surface area contributed by atoms with Crippen LogP contribution in [-0.4, -0.2) is 36.5 Å². The lowest BCUT2D eigenvalue weighted by molar-refractivity contribution is -0.0725. The third kappa shape index (κ3) is 3.72. The summed E-state index contributed by atoms with van der Waals surface area (Å²) < 4.78 is 5.70. The Morgan fingerprint density at radius 1 is 1.12 bits per heavy atom. The normalized spacial score (nSPS) is 30.2. The molecule has 1 aliphatic heterocycles. The van der Waals surface area contributed by atoms with Crippen molar-refractivity contribution in [2.75, 3.05) is 19.8 Å². The molecule has 1 heterocycles. The van der Waals surface area contributed by atoms with E-state index in [9.17, 15) is 5.11 Å². The summed E-state index contributed by atoms with van der Waals surface area (Å²) in [6.45, 7) is 2.42. The van der Waals surface area contributed by atoms with Crippen molar-refractivity contribution in [1.29, 1.82) is 0 Å². The summed E-state index contributed by atoms with van der Waals surface area (Å²) in [6.07, 6.45) is 9.25. The van der Waals surface area contributed by atoms with Crippen molar-refractivity contribution in [3.05, 3.63) is 0 Å². The van der Waals surface area contributed by atoms with Crippen molar-refractivity contribution in [2.45, 2.75) is 63.0 Å². The Bertz CT molecular complexity index is 196. The summed E-state index contributed by atoms with van der Waals surface area (Å²) in [7, 11) is 0. The second kappa shape index (κ2) is 5.99. The first kappa shape index (κ1) is 12.3. The van der Waals surface area contributed by atoms with Gasteiger partial charge in [0, 0.05) is 6.04 Å². The Labute approximate surface area is 98.6 Å². The lowest BCUT2D eigenvalue weighted by Crippen LogP contribution is -2.41. The van der Waals surface area contributed by atoms with Gasteiger partial charge in [-0.2, -0.15) is 0 Å². The van der Waals surface area contributed by atoms with Crippen LogP contribution in [0.4, 0.5) is 0 Å². The maximum absolute atomic E-state index is 10.3. The molecule has 3 nitrogen and oxygen atoms in total. The van der Waals surface area contributed by atoms with Gasteiger partial charge in [0.25, 0.3) is 0 Å². The lowest BCUT2D eigenvalue weighted by atomic mass is 9.85. The van der Waals surface area contributed by atoms with Gasteiger partial charge in [-0.15, -0.1) is 0 Å². The molecular formula is C13H25NO2. The SMILES string of the molecule is OC1(COCC2CCCCN2)CCCCC1. The highest BCUT2D eigenvalue weighted by Crippen LogP contribution is 2.28. The Morgan fingerprint density at radius 3 is 2.62 bits per heavy atom. The van der Waals surface area contributed by atoms with Gasteiger partial charge < -0.3 is 15.2 Å². The van der Waals surface area contributed by atoms with Crippen molar-refractivity contribution >= 4 is 0 Å². The van der Waals surface area contributed by atoms with Crippen molar-refractivity contribution in [3.63, 3.8) is 0 Å². The molecule has 0 aromatic heterocycles. The van der Waals surface area contributed by atoms with Crippen LogP contribution in [0, 0.1) is 0 Å². The predicted molar refractivity (Wildman–Crippen MR) is 64.5 cm³/mol. The van der Waals surface area contributed by atoms with Crippen LogP contribution in [0.3, 0.4) is 0 Å². The topological polar surface area (TPSA) is 41.5 Å². The minimum absolute atomic E-state index is 0.515. The number of ether oxygens (including phenoxy) is 1. The summed E-state index contributed by atoms with van der Waals surface area (Å²) in [4.78, 5) is 0. The molecule has 94 valence electrons. The van der Waals surface area contributed by atoms with Gasteiger partial charge >= 0.3 is 0 Å². The average Bonchev–Trinajstić information content (AvgIpc) is 2.31. The largest absolute Gasteiger partial charge is 0.387 e. The van der Waals surface area contributed by atoms with E-state index in [2.05, 4.69) is 5.32 Å². The fraction of sp³-hybridized carbons (Fsp3) is 1.00. The minimum Gasteiger partial charge on any atom is -0.387 e. The zero-order chi connectivity index (χ0) is 11.3. The number of piperidine rings is 1. The molecule has 2 aliphatic rings. The van der Waals surface area contributed by atoms with Gasteiger partial charge in [0.05, 0.1) is 18.8 Å². The van der Waals surface area contributed by atoms with E-state index in [1.807, 2.05) is 0 Å². The predicted octanol–water partition coefficient (Wildman–Crippen LogP) is 1.84. The fourth-order valence-corrected chi connectivity index (χ4v) is 2.81. The molecular weight excluding hydrogens is 202 g/mol. The molecule has 2 N–H and O–H groups in total. The lowest BCUT2D eigenvalue weighted by Gasteiger charge is -2.32. The van der Waals surface area contributed by atoms with Crippen LogP contribution in [-0.2, 0) is 4.74 Å². The van der Waals surface area contributed by atoms with E-state index < -0.39 is 5.60 Å². The molecule has 0 bridgehead atoms. The third-order valence-electron chi connectivity index (χ3n) is 3.89. The summed E-state index contributed by atoms with van der Waals surface area (Å²) in [5.41, 5.74) is -0.521. The Balaban J connectivity index is 1.62. The van der Waals surface area contributed by atoms with E-state index >= 15 is 0 Å². The highest BCUT2D eigenvalue weighted by atomic mass is 16.5. The van der Waals surface area contributed by atoms with E-state index in [0.29, 0.717) is 12.6 Å². The number of rotatable bonds is 4. The van der Waals surface area contributed by atoms with E-state index in [-0.39, 0.29) is 0 Å². The van der Waals surface area contributed by atoms with Crippen molar-refractivity contribution < 1.29 is 9.84 Å². The summed E-state index contributed by atoms with van der Waals surface area (Å²) in [5, 5.41) is 13.7. The van der Waals surface area contributed by atoms with Crippen LogP contribution in [0.25, 0.3) is 0 Å². The molecule has 2 fully saturated rings. The van der Waals surface area contributed by atoms with Gasteiger partial charge in [0.2, 0.25) is 0 Å². The summed E-state index contributed by atoms with van der Waals surface area (Å²) in [5.74, 6) is 0. The van der Waals surface area contributed by atoms with Crippen LogP contribution < -0.4 is 5.32 Å². The molecule has 0 spiro atoms. The number of aliphatic hydroxyl groups is 1. The second-order valence-electron chi connectivity index (χ2n) is 5.45. The molecule has 1 saturated carbocycles. The molecule has 0 aromatic rings. The van der Waals surface area contributed by atoms with Crippen molar-refractivity contribution in [3.8, 4) is 0 Å². The van der Waals surface area contributed by atoms with E-state index in [1.54, 1.807) is 0 Å². The molecule has 2 rings (SSSR count). The first-order valence-electron chi connectivity index (χ1n) is 6.82. The van der Waals surface area contributed by atoms with Gasteiger partial charge in [-0.05, 0) is 32.2 Å². The molecule has 16 heavy (non-hydrogen) atoms. The van der Waals surface area contributed by atoms with Crippen LogP contribution in [0.15, 0.2) is 0 Å². The minimum atomic E-state index is -0.521. The zero-order valence-electron chi connectivity index (χ0n) is 10.2.